The van der Waals surface area contributed by atoms with Crippen LogP contribution in [0.5, 0.6) is 11.5 Å². The van der Waals surface area contributed by atoms with E-state index in [1.54, 1.807) is 6.92 Å². The van der Waals surface area contributed by atoms with E-state index in [0.29, 0.717) is 17.1 Å². The normalized spacial score (nSPS) is 21.3. The first-order valence-corrected chi connectivity index (χ1v) is 5.94. The van der Waals surface area contributed by atoms with Crippen LogP contribution in [-0.4, -0.2) is 23.6 Å². The Morgan fingerprint density at radius 1 is 1.26 bits per heavy atom. The Hall–Kier alpha value is -2.17. The summed E-state index contributed by atoms with van der Waals surface area (Å²) in [5, 5.41) is 0. The summed E-state index contributed by atoms with van der Waals surface area (Å²) in [6, 6.07) is 4.51. The third-order valence-corrected chi connectivity index (χ3v) is 2.98. The van der Waals surface area contributed by atoms with Crippen molar-refractivity contribution in [1.82, 2.24) is 0 Å². The topological polar surface area (TPSA) is 69.7 Å². The van der Waals surface area contributed by atoms with Gasteiger partial charge in [-0.3, -0.25) is 14.4 Å². The SMILES string of the molecule is CC(=O)Oc1ccc2c(c1)O[C@@H](C)[C@@H](C(C)=O)C2=O. The van der Waals surface area contributed by atoms with Gasteiger partial charge in [-0.15, -0.1) is 0 Å². The quantitative estimate of drug-likeness (QED) is 0.461. The van der Waals surface area contributed by atoms with Gasteiger partial charge in [0.15, 0.2) is 5.78 Å². The van der Waals surface area contributed by atoms with Crippen LogP contribution in [0, 0.1) is 5.92 Å². The molecule has 0 aromatic heterocycles. The molecule has 0 N–H and O–H groups in total. The van der Waals surface area contributed by atoms with E-state index in [1.165, 1.54) is 32.0 Å². The van der Waals surface area contributed by atoms with E-state index in [-0.39, 0.29) is 11.6 Å². The number of ketones is 2. The van der Waals surface area contributed by atoms with Crippen LogP contribution < -0.4 is 9.47 Å². The van der Waals surface area contributed by atoms with Crippen LogP contribution in [0.3, 0.4) is 0 Å². The number of esters is 1. The molecule has 0 radical (unpaired) electrons. The van der Waals surface area contributed by atoms with Crippen molar-refractivity contribution >= 4 is 17.5 Å². The van der Waals surface area contributed by atoms with Crippen LogP contribution in [0.4, 0.5) is 0 Å². The number of ether oxygens (including phenoxy) is 2. The van der Waals surface area contributed by atoms with Crippen LogP contribution in [0.15, 0.2) is 18.2 Å². The fourth-order valence-electron chi connectivity index (χ4n) is 2.20. The predicted octanol–water partition coefficient (Wildman–Crippen LogP) is 1.78. The third kappa shape index (κ3) is 2.50. The Morgan fingerprint density at radius 2 is 1.95 bits per heavy atom. The summed E-state index contributed by atoms with van der Waals surface area (Å²) in [5.74, 6) is -1.03. The van der Waals surface area contributed by atoms with Crippen molar-refractivity contribution in [2.75, 3.05) is 0 Å². The number of hydrogen-bond acceptors (Lipinski definition) is 5. The summed E-state index contributed by atoms with van der Waals surface area (Å²) in [6.45, 7) is 4.34. The van der Waals surface area contributed by atoms with Crippen molar-refractivity contribution in [3.05, 3.63) is 23.8 Å². The van der Waals surface area contributed by atoms with Crippen LogP contribution in [0.2, 0.25) is 0 Å². The zero-order chi connectivity index (χ0) is 14.2. The number of hydrogen-bond donors (Lipinski definition) is 0. The second-order valence-electron chi connectivity index (χ2n) is 4.53. The summed E-state index contributed by atoms with van der Waals surface area (Å²) in [7, 11) is 0. The lowest BCUT2D eigenvalue weighted by Crippen LogP contribution is -2.39. The molecule has 0 aliphatic carbocycles. The Bertz CT molecular complexity index is 561. The number of benzene rings is 1. The van der Waals surface area contributed by atoms with E-state index in [2.05, 4.69) is 0 Å². The maximum absolute atomic E-state index is 12.2. The molecule has 2 rings (SSSR count). The van der Waals surface area contributed by atoms with E-state index in [0.717, 1.165) is 0 Å². The minimum Gasteiger partial charge on any atom is -0.489 e. The first-order chi connectivity index (χ1) is 8.90. The molecule has 0 spiro atoms. The minimum atomic E-state index is -0.771. The van der Waals surface area contributed by atoms with Crippen molar-refractivity contribution in [2.45, 2.75) is 26.9 Å². The van der Waals surface area contributed by atoms with Gasteiger partial charge in [-0.2, -0.15) is 0 Å². The van der Waals surface area contributed by atoms with Crippen molar-refractivity contribution in [1.29, 1.82) is 0 Å². The standard InChI is InChI=1S/C14H14O5/c1-7(15)13-8(2)18-12-6-10(19-9(3)16)4-5-11(12)14(13)17/h4-6,8,13H,1-3H3/t8-,13+/m0/s1. The summed E-state index contributed by atoms with van der Waals surface area (Å²) >= 11 is 0. The molecule has 1 aliphatic rings. The first-order valence-electron chi connectivity index (χ1n) is 5.94. The van der Waals surface area contributed by atoms with Gasteiger partial charge in [-0.25, -0.2) is 0 Å². The van der Waals surface area contributed by atoms with Crippen LogP contribution >= 0.6 is 0 Å². The zero-order valence-corrected chi connectivity index (χ0v) is 10.9. The van der Waals surface area contributed by atoms with Gasteiger partial charge >= 0.3 is 5.97 Å². The Labute approximate surface area is 110 Å². The lowest BCUT2D eigenvalue weighted by molar-refractivity contribution is -0.131. The minimum absolute atomic E-state index is 0.216. The fraction of sp³-hybridized carbons (Fsp3) is 0.357. The number of rotatable bonds is 2. The molecule has 2 atom stereocenters. The van der Waals surface area contributed by atoms with E-state index in [9.17, 15) is 14.4 Å². The molecule has 0 fully saturated rings. The van der Waals surface area contributed by atoms with Gasteiger partial charge in [-0.05, 0) is 26.0 Å². The smallest absolute Gasteiger partial charge is 0.308 e. The van der Waals surface area contributed by atoms with E-state index < -0.39 is 18.0 Å². The molecule has 0 unspecified atom stereocenters. The van der Waals surface area contributed by atoms with Gasteiger partial charge in [0.2, 0.25) is 0 Å². The third-order valence-electron chi connectivity index (χ3n) is 2.98. The largest absolute Gasteiger partial charge is 0.489 e. The molecule has 0 bridgehead atoms. The average Bonchev–Trinajstić information content (AvgIpc) is 2.26. The van der Waals surface area contributed by atoms with Crippen molar-refractivity contribution in [3.8, 4) is 11.5 Å². The zero-order valence-electron chi connectivity index (χ0n) is 10.9. The molecule has 0 amide bonds. The summed E-state index contributed by atoms with van der Waals surface area (Å²) in [4.78, 5) is 34.5. The van der Waals surface area contributed by atoms with Crippen molar-refractivity contribution < 1.29 is 23.9 Å². The number of Topliss-reactive ketones (excluding diaryl/α,β-unsaturated/α-hetero) is 2. The average molecular weight is 262 g/mol. The molecule has 19 heavy (non-hydrogen) atoms. The van der Waals surface area contributed by atoms with E-state index in [4.69, 9.17) is 9.47 Å². The van der Waals surface area contributed by atoms with Crippen LogP contribution in [0.1, 0.15) is 31.1 Å². The van der Waals surface area contributed by atoms with E-state index in [1.807, 2.05) is 0 Å². The van der Waals surface area contributed by atoms with Gasteiger partial charge in [0.05, 0.1) is 5.56 Å². The monoisotopic (exact) mass is 262 g/mol. The Morgan fingerprint density at radius 3 is 2.53 bits per heavy atom. The second-order valence-corrected chi connectivity index (χ2v) is 4.53. The fourth-order valence-corrected chi connectivity index (χ4v) is 2.20. The Kier molecular flexibility index (Phi) is 3.38. The molecule has 1 aromatic carbocycles. The Balaban J connectivity index is 2.38. The first kappa shape index (κ1) is 13.3. The van der Waals surface area contributed by atoms with Crippen LogP contribution in [0.25, 0.3) is 0 Å². The van der Waals surface area contributed by atoms with Crippen molar-refractivity contribution in [3.63, 3.8) is 0 Å². The maximum Gasteiger partial charge on any atom is 0.308 e. The highest BCUT2D eigenvalue weighted by Gasteiger charge is 2.37. The van der Waals surface area contributed by atoms with Gasteiger partial charge in [-0.1, -0.05) is 0 Å². The molecule has 1 aliphatic heterocycles. The van der Waals surface area contributed by atoms with Gasteiger partial charge < -0.3 is 9.47 Å². The summed E-state index contributed by atoms with van der Waals surface area (Å²) in [6.07, 6.45) is -0.523. The maximum atomic E-state index is 12.2. The highest BCUT2D eigenvalue weighted by molar-refractivity contribution is 6.12. The van der Waals surface area contributed by atoms with Gasteiger partial charge in [0, 0.05) is 13.0 Å². The number of carbonyl (C=O) groups excluding carboxylic acids is 3. The van der Waals surface area contributed by atoms with Crippen LogP contribution in [-0.2, 0) is 9.59 Å². The molecule has 1 heterocycles. The number of carbonyl (C=O) groups is 3. The van der Waals surface area contributed by atoms with Gasteiger partial charge in [0.25, 0.3) is 0 Å². The molecular weight excluding hydrogens is 248 g/mol. The van der Waals surface area contributed by atoms with Gasteiger partial charge in [0.1, 0.15) is 29.3 Å². The summed E-state index contributed by atoms with van der Waals surface area (Å²) < 4.78 is 10.5. The molecule has 1 aromatic rings. The van der Waals surface area contributed by atoms with E-state index >= 15 is 0 Å². The highest BCUT2D eigenvalue weighted by Crippen LogP contribution is 2.34. The van der Waals surface area contributed by atoms with Crippen molar-refractivity contribution in [2.24, 2.45) is 5.92 Å². The molecule has 5 nitrogen and oxygen atoms in total. The molecule has 5 heteroatoms. The molecule has 0 saturated heterocycles. The lowest BCUT2D eigenvalue weighted by atomic mass is 9.87. The molecular formula is C14H14O5. The predicted molar refractivity (Wildman–Crippen MR) is 66.3 cm³/mol. The molecule has 100 valence electrons. The summed E-state index contributed by atoms with van der Waals surface area (Å²) in [5.41, 5.74) is 0.342. The number of fused-ring (bicyclic) bond motifs is 1. The molecule has 0 saturated carbocycles. The lowest BCUT2D eigenvalue weighted by Gasteiger charge is -2.28. The second kappa shape index (κ2) is 4.84. The highest BCUT2D eigenvalue weighted by atomic mass is 16.5.